The second-order valence-electron chi connectivity index (χ2n) is 3.50. The van der Waals surface area contributed by atoms with Gasteiger partial charge in [0.05, 0.1) is 0 Å². The van der Waals surface area contributed by atoms with Crippen molar-refractivity contribution in [2.45, 2.75) is 44.5 Å². The van der Waals surface area contributed by atoms with E-state index in [1.807, 2.05) is 0 Å². The van der Waals surface area contributed by atoms with Crippen LogP contribution in [0.25, 0.3) is 0 Å². The largest absolute Gasteiger partial charge is 0.314 e. The summed E-state index contributed by atoms with van der Waals surface area (Å²) >= 11 is 0.470. The van der Waals surface area contributed by atoms with Gasteiger partial charge in [-0.25, -0.2) is 17.6 Å². The van der Waals surface area contributed by atoms with E-state index in [1.165, 1.54) is 0 Å². The maximum absolute atomic E-state index is 13.0. The fourth-order valence-corrected chi connectivity index (χ4v) is 1.60. The van der Waals surface area contributed by atoms with Gasteiger partial charge in [-0.2, -0.15) is 8.78 Å². The lowest BCUT2D eigenvalue weighted by Gasteiger charge is -2.28. The van der Waals surface area contributed by atoms with Gasteiger partial charge in [-0.15, -0.1) is 0 Å². The Balaban J connectivity index is 4.53. The Morgan fingerprint density at radius 3 is 2.06 bits per heavy atom. The van der Waals surface area contributed by atoms with Crippen molar-refractivity contribution in [3.8, 4) is 0 Å². The van der Waals surface area contributed by atoms with Gasteiger partial charge in [0.15, 0.2) is 11.3 Å². The Labute approximate surface area is 98.9 Å². The maximum atomic E-state index is 13.0. The van der Waals surface area contributed by atoms with E-state index in [9.17, 15) is 31.1 Å². The Kier molecular flexibility index (Phi) is 5.83. The van der Waals surface area contributed by atoms with Crippen molar-refractivity contribution in [3.63, 3.8) is 0 Å². The highest BCUT2D eigenvalue weighted by Crippen LogP contribution is 2.39. The van der Waals surface area contributed by atoms with Crippen LogP contribution in [0.5, 0.6) is 0 Å². The molecule has 17 heavy (non-hydrogen) atoms. The summed E-state index contributed by atoms with van der Waals surface area (Å²) in [6.45, 7) is 1.42. The number of halogens is 6. The SMILES string of the molecule is CC(=O)SCCC(F)(F)C(F)C(F)(F)C(C)F. The van der Waals surface area contributed by atoms with Gasteiger partial charge in [-0.05, 0) is 6.92 Å². The second kappa shape index (κ2) is 5.97. The van der Waals surface area contributed by atoms with Crippen LogP contribution in [0.1, 0.15) is 20.3 Å². The highest BCUT2D eigenvalue weighted by molar-refractivity contribution is 8.13. The highest BCUT2D eigenvalue weighted by atomic mass is 32.2. The van der Waals surface area contributed by atoms with Crippen LogP contribution in [0.15, 0.2) is 0 Å². The number of hydrogen-bond donors (Lipinski definition) is 0. The first-order valence-corrected chi connectivity index (χ1v) is 5.67. The smallest absolute Gasteiger partial charge is 0.288 e. The van der Waals surface area contributed by atoms with Crippen molar-refractivity contribution >= 4 is 16.9 Å². The molecule has 0 heterocycles. The molecule has 1 nitrogen and oxygen atoms in total. The zero-order chi connectivity index (χ0) is 13.9. The first kappa shape index (κ1) is 16.6. The highest BCUT2D eigenvalue weighted by Gasteiger charge is 2.58. The van der Waals surface area contributed by atoms with E-state index in [-0.39, 0.29) is 0 Å². The fraction of sp³-hybridized carbons (Fsp3) is 0.889. The normalized spacial score (nSPS) is 16.7. The molecule has 0 aromatic heterocycles. The van der Waals surface area contributed by atoms with Crippen LogP contribution in [0.4, 0.5) is 26.3 Å². The number of carbonyl (C=O) groups excluding carboxylic acids is 1. The molecular formula is C9H12F6OS. The van der Waals surface area contributed by atoms with Crippen LogP contribution in [0, 0.1) is 0 Å². The number of hydrogen-bond acceptors (Lipinski definition) is 2. The van der Waals surface area contributed by atoms with E-state index >= 15 is 0 Å². The molecule has 0 aromatic carbocycles. The molecule has 0 fully saturated rings. The third-order valence-corrected chi connectivity index (χ3v) is 2.79. The predicted octanol–water partition coefficient (Wildman–Crippen LogP) is 3.62. The molecule has 0 rings (SSSR count). The molecule has 0 amide bonds. The van der Waals surface area contributed by atoms with E-state index in [4.69, 9.17) is 0 Å². The summed E-state index contributed by atoms with van der Waals surface area (Å²) in [4.78, 5) is 10.4. The molecule has 0 saturated heterocycles. The van der Waals surface area contributed by atoms with Gasteiger partial charge < -0.3 is 0 Å². The minimum Gasteiger partial charge on any atom is -0.288 e. The summed E-state index contributed by atoms with van der Waals surface area (Å²) in [7, 11) is 0. The zero-order valence-electron chi connectivity index (χ0n) is 9.15. The molecule has 0 aromatic rings. The Morgan fingerprint density at radius 1 is 1.24 bits per heavy atom. The first-order valence-electron chi connectivity index (χ1n) is 4.69. The molecule has 0 aliphatic heterocycles. The number of carbonyl (C=O) groups is 1. The molecule has 0 spiro atoms. The molecule has 0 N–H and O–H groups in total. The molecule has 0 saturated carbocycles. The molecule has 2 unspecified atom stereocenters. The van der Waals surface area contributed by atoms with E-state index < -0.39 is 41.5 Å². The van der Waals surface area contributed by atoms with Gasteiger partial charge in [0, 0.05) is 19.1 Å². The van der Waals surface area contributed by atoms with Crippen molar-refractivity contribution in [1.29, 1.82) is 0 Å². The summed E-state index contributed by atoms with van der Waals surface area (Å²) < 4.78 is 76.6. The van der Waals surface area contributed by atoms with Crippen molar-refractivity contribution in [3.05, 3.63) is 0 Å². The van der Waals surface area contributed by atoms with E-state index in [1.54, 1.807) is 0 Å². The van der Waals surface area contributed by atoms with Gasteiger partial charge in [-0.3, -0.25) is 4.79 Å². The number of thioether (sulfide) groups is 1. The first-order chi connectivity index (χ1) is 7.51. The van der Waals surface area contributed by atoms with Gasteiger partial charge in [0.1, 0.15) is 0 Å². The minimum absolute atomic E-state index is 0.312. The summed E-state index contributed by atoms with van der Waals surface area (Å²) in [6, 6.07) is 0. The zero-order valence-corrected chi connectivity index (χ0v) is 9.97. The molecule has 2 atom stereocenters. The molecular weight excluding hydrogens is 270 g/mol. The summed E-state index contributed by atoms with van der Waals surface area (Å²) in [5.41, 5.74) is 0. The average Bonchev–Trinajstić information content (AvgIpc) is 2.15. The summed E-state index contributed by atoms with van der Waals surface area (Å²) in [6.07, 6.45) is -8.16. The van der Waals surface area contributed by atoms with Crippen LogP contribution in [0.3, 0.4) is 0 Å². The topological polar surface area (TPSA) is 17.1 Å². The lowest BCUT2D eigenvalue weighted by atomic mass is 10.0. The average molecular weight is 282 g/mol. The lowest BCUT2D eigenvalue weighted by Crippen LogP contribution is -2.49. The molecule has 0 aliphatic rings. The van der Waals surface area contributed by atoms with Crippen LogP contribution in [-0.2, 0) is 4.79 Å². The quantitative estimate of drug-likeness (QED) is 0.692. The van der Waals surface area contributed by atoms with E-state index in [0.717, 1.165) is 6.92 Å². The fourth-order valence-electron chi connectivity index (χ4n) is 0.941. The molecule has 0 bridgehead atoms. The molecule has 102 valence electrons. The van der Waals surface area contributed by atoms with Crippen LogP contribution in [-0.4, -0.2) is 35.1 Å². The van der Waals surface area contributed by atoms with Crippen LogP contribution < -0.4 is 0 Å². The third-order valence-electron chi connectivity index (χ3n) is 1.98. The Hall–Kier alpha value is -0.400. The van der Waals surface area contributed by atoms with Gasteiger partial charge in [-0.1, -0.05) is 11.8 Å². The summed E-state index contributed by atoms with van der Waals surface area (Å²) in [5.74, 6) is -9.61. The van der Waals surface area contributed by atoms with Gasteiger partial charge >= 0.3 is 5.92 Å². The van der Waals surface area contributed by atoms with Crippen molar-refractivity contribution in [2.24, 2.45) is 0 Å². The lowest BCUT2D eigenvalue weighted by molar-refractivity contribution is -0.204. The van der Waals surface area contributed by atoms with E-state index in [0.29, 0.717) is 18.7 Å². The van der Waals surface area contributed by atoms with Crippen molar-refractivity contribution in [1.82, 2.24) is 0 Å². The van der Waals surface area contributed by atoms with Crippen LogP contribution >= 0.6 is 11.8 Å². The Bertz CT molecular complexity index is 268. The summed E-state index contributed by atoms with van der Waals surface area (Å²) in [5, 5.41) is -0.484. The monoisotopic (exact) mass is 282 g/mol. The van der Waals surface area contributed by atoms with Crippen LogP contribution in [0.2, 0.25) is 0 Å². The number of rotatable bonds is 6. The third kappa shape index (κ3) is 4.77. The van der Waals surface area contributed by atoms with Crippen molar-refractivity contribution < 1.29 is 31.1 Å². The van der Waals surface area contributed by atoms with Gasteiger partial charge in [0.2, 0.25) is 6.17 Å². The van der Waals surface area contributed by atoms with Gasteiger partial charge in [0.25, 0.3) is 5.92 Å². The Morgan fingerprint density at radius 2 is 1.71 bits per heavy atom. The standard InChI is InChI=1S/C9H12F6OS/c1-5(10)9(14,15)7(11)8(12,13)3-4-17-6(2)16/h5,7H,3-4H2,1-2H3. The molecule has 0 aliphatic carbocycles. The second-order valence-corrected chi connectivity index (χ2v) is 4.78. The predicted molar refractivity (Wildman–Crippen MR) is 53.1 cm³/mol. The number of alkyl halides is 6. The maximum Gasteiger partial charge on any atom is 0.314 e. The van der Waals surface area contributed by atoms with Crippen molar-refractivity contribution in [2.75, 3.05) is 5.75 Å². The molecule has 8 heteroatoms. The molecule has 0 radical (unpaired) electrons. The van der Waals surface area contributed by atoms with E-state index in [2.05, 4.69) is 0 Å². The minimum atomic E-state index is -4.75.